The molecule has 2 aromatic rings. The zero-order chi connectivity index (χ0) is 12.5. The second-order valence-corrected chi connectivity index (χ2v) is 3.99. The summed E-state index contributed by atoms with van der Waals surface area (Å²) in [6.07, 6.45) is 3.66. The Bertz CT molecular complexity index is 683. The third-order valence-electron chi connectivity index (χ3n) is 2.81. The number of allylic oxidation sites excluding steroid dienone is 2. The maximum absolute atomic E-state index is 8.78. The Morgan fingerprint density at radius 1 is 1.22 bits per heavy atom. The molecule has 0 fully saturated rings. The fourth-order valence-corrected chi connectivity index (χ4v) is 1.91. The summed E-state index contributed by atoms with van der Waals surface area (Å²) in [6, 6.07) is 11.4. The molecule has 0 spiro atoms. The Labute approximate surface area is 104 Å². The predicted octanol–water partition coefficient (Wildman–Crippen LogP) is 2.69. The van der Waals surface area contributed by atoms with E-state index in [2.05, 4.69) is 23.1 Å². The summed E-state index contributed by atoms with van der Waals surface area (Å²) < 4.78 is 1.74. The molecule has 1 aliphatic heterocycles. The van der Waals surface area contributed by atoms with Gasteiger partial charge in [-0.2, -0.15) is 10.4 Å². The number of hydrogen-bond acceptors (Lipinski definition) is 3. The van der Waals surface area contributed by atoms with Crippen LogP contribution in [0.1, 0.15) is 11.1 Å². The summed E-state index contributed by atoms with van der Waals surface area (Å²) in [4.78, 5) is 0. The number of nitrogens with one attached hydrogen (secondary N) is 1. The Morgan fingerprint density at radius 2 is 2.00 bits per heavy atom. The number of nitrogens with zero attached hydrogens (tertiary/aromatic N) is 3. The predicted molar refractivity (Wildman–Crippen MR) is 70.3 cm³/mol. The van der Waals surface area contributed by atoms with Crippen molar-refractivity contribution in [3.63, 3.8) is 0 Å². The van der Waals surface area contributed by atoms with E-state index >= 15 is 0 Å². The zero-order valence-corrected chi connectivity index (χ0v) is 9.59. The fraction of sp³-hybridized carbons (Fsp3) is 0. The lowest BCUT2D eigenvalue weighted by Gasteiger charge is -2.19. The lowest BCUT2D eigenvalue weighted by Crippen LogP contribution is -2.11. The lowest BCUT2D eigenvalue weighted by atomic mass is 10.1. The molecule has 4 nitrogen and oxygen atoms in total. The van der Waals surface area contributed by atoms with Crippen molar-refractivity contribution in [2.75, 3.05) is 5.32 Å². The molecule has 0 radical (unpaired) electrons. The molecule has 1 aliphatic rings. The highest BCUT2D eigenvalue weighted by molar-refractivity contribution is 5.86. The van der Waals surface area contributed by atoms with Crippen LogP contribution in [0.15, 0.2) is 49.2 Å². The molecule has 86 valence electrons. The van der Waals surface area contributed by atoms with Crippen LogP contribution in [-0.4, -0.2) is 9.78 Å². The van der Waals surface area contributed by atoms with E-state index in [0.29, 0.717) is 5.56 Å². The van der Waals surface area contributed by atoms with E-state index in [4.69, 9.17) is 5.26 Å². The van der Waals surface area contributed by atoms with Gasteiger partial charge in [0.25, 0.3) is 0 Å². The van der Waals surface area contributed by atoms with Gasteiger partial charge in [0.15, 0.2) is 0 Å². The van der Waals surface area contributed by atoms with Crippen molar-refractivity contribution in [3.05, 3.63) is 60.3 Å². The second kappa shape index (κ2) is 3.90. The summed E-state index contributed by atoms with van der Waals surface area (Å²) in [7, 11) is 0. The van der Waals surface area contributed by atoms with Gasteiger partial charge in [0.2, 0.25) is 0 Å². The molecule has 1 N–H and O–H groups in total. The van der Waals surface area contributed by atoms with Crippen LogP contribution in [0.25, 0.3) is 11.4 Å². The lowest BCUT2D eigenvalue weighted by molar-refractivity contribution is 0.913. The Hall–Kier alpha value is -2.80. The van der Waals surface area contributed by atoms with Crippen LogP contribution in [0.5, 0.6) is 0 Å². The van der Waals surface area contributed by atoms with Gasteiger partial charge in [0.1, 0.15) is 5.82 Å². The van der Waals surface area contributed by atoms with Gasteiger partial charge >= 0.3 is 0 Å². The smallest absolute Gasteiger partial charge is 0.134 e. The number of nitriles is 1. The number of hydrogen-bond donors (Lipinski definition) is 1. The third kappa shape index (κ3) is 1.59. The van der Waals surface area contributed by atoms with E-state index in [1.807, 2.05) is 24.3 Å². The van der Waals surface area contributed by atoms with Crippen LogP contribution in [-0.2, 0) is 0 Å². The Balaban J connectivity index is 1.99. The Kier molecular flexibility index (Phi) is 2.24. The minimum atomic E-state index is 0.652. The molecule has 18 heavy (non-hydrogen) atoms. The summed E-state index contributed by atoms with van der Waals surface area (Å²) in [5.74, 6) is 0.891. The largest absolute Gasteiger partial charge is 0.340 e. The molecule has 2 heterocycles. The molecular weight excluding hydrogens is 224 g/mol. The molecular formula is C14H10N4. The number of fused-ring (bicyclic) bond motifs is 1. The van der Waals surface area contributed by atoms with Crippen molar-refractivity contribution >= 4 is 17.2 Å². The maximum atomic E-state index is 8.78. The first-order valence-electron chi connectivity index (χ1n) is 5.50. The zero-order valence-electron chi connectivity index (χ0n) is 9.59. The first-order valence-corrected chi connectivity index (χ1v) is 5.50. The van der Waals surface area contributed by atoms with Crippen molar-refractivity contribution in [1.82, 2.24) is 9.78 Å². The molecule has 0 atom stereocenters. The summed E-state index contributed by atoms with van der Waals surface area (Å²) in [6.45, 7) is 3.97. The highest BCUT2D eigenvalue weighted by Gasteiger charge is 2.13. The van der Waals surface area contributed by atoms with Gasteiger partial charge < -0.3 is 5.32 Å². The minimum absolute atomic E-state index is 0.652. The van der Waals surface area contributed by atoms with Gasteiger partial charge in [0, 0.05) is 11.8 Å². The van der Waals surface area contributed by atoms with E-state index in [0.717, 1.165) is 22.8 Å². The fourth-order valence-electron chi connectivity index (χ4n) is 1.91. The van der Waals surface area contributed by atoms with Gasteiger partial charge in [-0.05, 0) is 23.8 Å². The van der Waals surface area contributed by atoms with Crippen LogP contribution in [0.4, 0.5) is 5.82 Å². The molecule has 1 aromatic carbocycles. The van der Waals surface area contributed by atoms with Crippen LogP contribution in [0.2, 0.25) is 0 Å². The van der Waals surface area contributed by atoms with Crippen molar-refractivity contribution in [2.45, 2.75) is 0 Å². The molecule has 0 bridgehead atoms. The average molecular weight is 234 g/mol. The van der Waals surface area contributed by atoms with E-state index in [9.17, 15) is 0 Å². The molecule has 0 unspecified atom stereocenters. The van der Waals surface area contributed by atoms with Gasteiger partial charge in [0.05, 0.1) is 23.5 Å². The van der Waals surface area contributed by atoms with Crippen molar-refractivity contribution < 1.29 is 0 Å². The van der Waals surface area contributed by atoms with Crippen LogP contribution < -0.4 is 5.32 Å². The van der Waals surface area contributed by atoms with Gasteiger partial charge in [-0.3, -0.25) is 0 Å². The van der Waals surface area contributed by atoms with Crippen LogP contribution in [0.3, 0.4) is 0 Å². The van der Waals surface area contributed by atoms with Crippen LogP contribution >= 0.6 is 0 Å². The normalized spacial score (nSPS) is 13.3. The summed E-state index contributed by atoms with van der Waals surface area (Å²) in [5, 5.41) is 16.2. The molecule has 0 amide bonds. The monoisotopic (exact) mass is 234 g/mol. The number of benzene rings is 1. The summed E-state index contributed by atoms with van der Waals surface area (Å²) in [5.41, 5.74) is 3.44. The van der Waals surface area contributed by atoms with E-state index in [-0.39, 0.29) is 0 Å². The Morgan fingerprint density at radius 3 is 2.72 bits per heavy atom. The molecule has 3 rings (SSSR count). The SMILES string of the molecule is C=C1C=C(c2ccc(C#N)cc2)Nc2ccnn21. The number of aromatic nitrogens is 2. The van der Waals surface area contributed by atoms with Crippen molar-refractivity contribution in [3.8, 4) is 6.07 Å². The minimum Gasteiger partial charge on any atom is -0.340 e. The van der Waals surface area contributed by atoms with E-state index < -0.39 is 0 Å². The van der Waals surface area contributed by atoms with Crippen molar-refractivity contribution in [1.29, 1.82) is 5.26 Å². The number of rotatable bonds is 1. The number of anilines is 1. The first-order chi connectivity index (χ1) is 8.78. The second-order valence-electron chi connectivity index (χ2n) is 3.99. The van der Waals surface area contributed by atoms with Gasteiger partial charge in [-0.15, -0.1) is 0 Å². The van der Waals surface area contributed by atoms with Crippen molar-refractivity contribution in [2.24, 2.45) is 0 Å². The quantitative estimate of drug-likeness (QED) is 0.825. The third-order valence-corrected chi connectivity index (χ3v) is 2.81. The standard InChI is InChI=1S/C14H10N4/c1-10-8-13(17-14-6-7-16-18(10)14)12-4-2-11(9-15)3-5-12/h2-8,17H,1H2. The highest BCUT2D eigenvalue weighted by Crippen LogP contribution is 2.27. The topological polar surface area (TPSA) is 53.6 Å². The molecule has 0 aliphatic carbocycles. The maximum Gasteiger partial charge on any atom is 0.134 e. The summed E-state index contributed by atoms with van der Waals surface area (Å²) >= 11 is 0. The molecule has 0 saturated heterocycles. The van der Waals surface area contributed by atoms with Gasteiger partial charge in [-0.1, -0.05) is 18.7 Å². The van der Waals surface area contributed by atoms with E-state index in [1.54, 1.807) is 23.0 Å². The van der Waals surface area contributed by atoms with E-state index in [1.165, 1.54) is 0 Å². The first kappa shape index (κ1) is 10.4. The highest BCUT2D eigenvalue weighted by atomic mass is 15.3. The molecule has 4 heteroatoms. The molecule has 0 saturated carbocycles. The van der Waals surface area contributed by atoms with Crippen LogP contribution in [0, 0.1) is 11.3 Å². The van der Waals surface area contributed by atoms with Gasteiger partial charge in [-0.25, -0.2) is 4.68 Å². The average Bonchev–Trinajstić information content (AvgIpc) is 2.88. The molecule has 1 aromatic heterocycles.